The van der Waals surface area contributed by atoms with Gasteiger partial charge in [0.2, 0.25) is 0 Å². The summed E-state index contributed by atoms with van der Waals surface area (Å²) in [4.78, 5) is 35.3. The minimum Gasteiger partial charge on any atom is -0.462 e. The molecule has 0 aromatic heterocycles. The van der Waals surface area contributed by atoms with Crippen molar-refractivity contribution in [2.45, 2.75) is 277 Å². The Morgan fingerprint density at radius 3 is 1.05 bits per heavy atom. The van der Waals surface area contributed by atoms with Crippen molar-refractivity contribution in [2.24, 2.45) is 5.73 Å². The molecule has 0 fully saturated rings. The largest absolute Gasteiger partial charge is 0.472 e. The molecule has 452 valence electrons. The first-order valence-electron chi connectivity index (χ1n) is 32.0. The van der Waals surface area contributed by atoms with E-state index in [0.717, 1.165) is 96.3 Å². The Balaban J connectivity index is 3.98. The Morgan fingerprint density at radius 2 is 0.696 bits per heavy atom. The van der Waals surface area contributed by atoms with Crippen LogP contribution in [0.15, 0.2) is 122 Å². The molecule has 0 aliphatic rings. The zero-order valence-corrected chi connectivity index (χ0v) is 51.5. The fourth-order valence-corrected chi connectivity index (χ4v) is 9.39. The van der Waals surface area contributed by atoms with E-state index in [2.05, 4.69) is 135 Å². The van der Waals surface area contributed by atoms with Crippen LogP contribution in [0.25, 0.3) is 0 Å². The van der Waals surface area contributed by atoms with E-state index >= 15 is 0 Å². The third kappa shape index (κ3) is 63.5. The summed E-state index contributed by atoms with van der Waals surface area (Å²) < 4.78 is 33.1. The van der Waals surface area contributed by atoms with Crippen LogP contribution < -0.4 is 5.73 Å². The van der Waals surface area contributed by atoms with Crippen molar-refractivity contribution >= 4 is 19.8 Å². The third-order valence-electron chi connectivity index (χ3n) is 13.3. The fourth-order valence-electron chi connectivity index (χ4n) is 8.62. The van der Waals surface area contributed by atoms with E-state index in [1.165, 1.54) is 141 Å². The summed E-state index contributed by atoms with van der Waals surface area (Å²) >= 11 is 0. The maximum absolute atomic E-state index is 12.7. The van der Waals surface area contributed by atoms with Crippen LogP contribution in [0.4, 0.5) is 0 Å². The van der Waals surface area contributed by atoms with E-state index in [-0.39, 0.29) is 32.6 Å². The summed E-state index contributed by atoms with van der Waals surface area (Å²) in [5, 5.41) is 0. The third-order valence-corrected chi connectivity index (χ3v) is 14.3. The SMILES string of the molecule is CC/C=C\C/C=C\C/C=C\C/C=C\C/C=C\C/C=C\C/C=C\CCCCCC(=O)OC(COC(=O)CCCCCCCCCCCCCCCCCCCC/C=C\C/C=C\C/C=C\CCCCCCC)COP(=O)(O)OCCN. The van der Waals surface area contributed by atoms with Crippen LogP contribution in [0.1, 0.15) is 271 Å². The molecule has 0 saturated heterocycles. The van der Waals surface area contributed by atoms with E-state index in [1.54, 1.807) is 0 Å². The second-order valence-corrected chi connectivity index (χ2v) is 22.3. The van der Waals surface area contributed by atoms with Gasteiger partial charge in [0.1, 0.15) is 6.61 Å². The molecule has 0 heterocycles. The second kappa shape index (κ2) is 63.6. The van der Waals surface area contributed by atoms with Gasteiger partial charge in [0, 0.05) is 19.4 Å². The Morgan fingerprint density at radius 1 is 0.392 bits per heavy atom. The van der Waals surface area contributed by atoms with E-state index in [9.17, 15) is 19.0 Å². The van der Waals surface area contributed by atoms with Gasteiger partial charge in [-0.15, -0.1) is 0 Å². The molecule has 0 spiro atoms. The molecule has 0 saturated carbocycles. The van der Waals surface area contributed by atoms with E-state index in [1.807, 2.05) is 0 Å². The van der Waals surface area contributed by atoms with Gasteiger partial charge in [-0.2, -0.15) is 0 Å². The van der Waals surface area contributed by atoms with Crippen LogP contribution in [0.5, 0.6) is 0 Å². The van der Waals surface area contributed by atoms with E-state index in [4.69, 9.17) is 24.3 Å². The Kier molecular flexibility index (Phi) is 60.7. The normalized spacial score (nSPS) is 13.8. The van der Waals surface area contributed by atoms with Gasteiger partial charge in [-0.05, 0) is 109 Å². The molecule has 0 radical (unpaired) electrons. The van der Waals surface area contributed by atoms with Gasteiger partial charge < -0.3 is 20.1 Å². The van der Waals surface area contributed by atoms with Crippen molar-refractivity contribution in [2.75, 3.05) is 26.4 Å². The molecule has 9 nitrogen and oxygen atoms in total. The highest BCUT2D eigenvalue weighted by molar-refractivity contribution is 7.47. The molecule has 0 rings (SSSR count). The molecular weight excluding hydrogens is 1000 g/mol. The van der Waals surface area contributed by atoms with Crippen LogP contribution in [0, 0.1) is 0 Å². The minimum absolute atomic E-state index is 0.0420. The maximum Gasteiger partial charge on any atom is 0.472 e. The van der Waals surface area contributed by atoms with E-state index in [0.29, 0.717) is 6.42 Å². The lowest BCUT2D eigenvalue weighted by molar-refractivity contribution is -0.161. The van der Waals surface area contributed by atoms with Crippen LogP contribution in [0.2, 0.25) is 0 Å². The van der Waals surface area contributed by atoms with Crippen molar-refractivity contribution in [3.05, 3.63) is 122 Å². The number of phosphoric acid groups is 1. The Hall–Kier alpha value is -3.59. The monoisotopic (exact) mass is 1120 g/mol. The summed E-state index contributed by atoms with van der Waals surface area (Å²) in [5.74, 6) is -0.867. The number of nitrogens with two attached hydrogens (primary N) is 1. The number of hydrogen-bond donors (Lipinski definition) is 2. The minimum atomic E-state index is -4.41. The molecular formula is C69H118NO8P. The number of ether oxygens (including phenoxy) is 2. The Bertz CT molecular complexity index is 1710. The molecule has 79 heavy (non-hydrogen) atoms. The lowest BCUT2D eigenvalue weighted by atomic mass is 10.0. The molecule has 0 amide bonds. The zero-order chi connectivity index (χ0) is 57.3. The predicted octanol–water partition coefficient (Wildman–Crippen LogP) is 20.7. The molecule has 0 aromatic rings. The number of phosphoric ester groups is 1. The smallest absolute Gasteiger partial charge is 0.462 e. The molecule has 0 aromatic carbocycles. The molecule has 2 atom stereocenters. The summed E-state index contributed by atoms with van der Waals surface area (Å²) in [7, 11) is -4.41. The number of carbonyl (C=O) groups is 2. The fraction of sp³-hybridized carbons (Fsp3) is 0.681. The topological polar surface area (TPSA) is 134 Å². The summed E-state index contributed by atoms with van der Waals surface area (Å²) in [6.07, 6.45) is 88.5. The number of carbonyl (C=O) groups excluding carboxylic acids is 2. The van der Waals surface area contributed by atoms with Crippen molar-refractivity contribution < 1.29 is 37.6 Å². The highest BCUT2D eigenvalue weighted by Crippen LogP contribution is 2.43. The lowest BCUT2D eigenvalue weighted by Crippen LogP contribution is -2.29. The Labute approximate surface area is 485 Å². The average Bonchev–Trinajstić information content (AvgIpc) is 3.44. The van der Waals surface area contributed by atoms with Crippen LogP contribution >= 0.6 is 7.82 Å². The molecule has 0 bridgehead atoms. The number of rotatable bonds is 59. The molecule has 3 N–H and O–H groups in total. The van der Waals surface area contributed by atoms with Crippen molar-refractivity contribution in [3.8, 4) is 0 Å². The first kappa shape index (κ1) is 75.4. The van der Waals surface area contributed by atoms with Crippen LogP contribution in [0.3, 0.4) is 0 Å². The number of allylic oxidation sites excluding steroid dienone is 20. The van der Waals surface area contributed by atoms with Crippen molar-refractivity contribution in [3.63, 3.8) is 0 Å². The van der Waals surface area contributed by atoms with Crippen molar-refractivity contribution in [1.29, 1.82) is 0 Å². The van der Waals surface area contributed by atoms with Gasteiger partial charge in [0.25, 0.3) is 0 Å². The van der Waals surface area contributed by atoms with Gasteiger partial charge in [0.05, 0.1) is 13.2 Å². The molecule has 2 unspecified atom stereocenters. The predicted molar refractivity (Wildman–Crippen MR) is 339 cm³/mol. The average molecular weight is 1120 g/mol. The zero-order valence-electron chi connectivity index (χ0n) is 50.6. The molecule has 0 aliphatic carbocycles. The van der Waals surface area contributed by atoms with Crippen LogP contribution in [-0.4, -0.2) is 49.3 Å². The number of unbranched alkanes of at least 4 members (excludes halogenated alkanes) is 26. The molecule has 10 heteroatoms. The lowest BCUT2D eigenvalue weighted by Gasteiger charge is -2.19. The quantitative estimate of drug-likeness (QED) is 0.0264. The van der Waals surface area contributed by atoms with Gasteiger partial charge in [0.15, 0.2) is 6.10 Å². The second-order valence-electron chi connectivity index (χ2n) is 20.9. The van der Waals surface area contributed by atoms with Gasteiger partial charge in [-0.1, -0.05) is 270 Å². The van der Waals surface area contributed by atoms with E-state index < -0.39 is 32.5 Å². The molecule has 0 aliphatic heterocycles. The first-order chi connectivity index (χ1) is 38.8. The van der Waals surface area contributed by atoms with Gasteiger partial charge >= 0.3 is 19.8 Å². The van der Waals surface area contributed by atoms with Crippen molar-refractivity contribution in [1.82, 2.24) is 0 Å². The van der Waals surface area contributed by atoms with Gasteiger partial charge in [-0.25, -0.2) is 4.57 Å². The highest BCUT2D eigenvalue weighted by Gasteiger charge is 2.26. The highest BCUT2D eigenvalue weighted by atomic mass is 31.2. The number of hydrogen-bond acceptors (Lipinski definition) is 8. The van der Waals surface area contributed by atoms with Crippen LogP contribution in [-0.2, 0) is 32.7 Å². The summed E-state index contributed by atoms with van der Waals surface area (Å²) in [6.45, 7) is 3.59. The maximum atomic E-state index is 12.7. The summed E-state index contributed by atoms with van der Waals surface area (Å²) in [5.41, 5.74) is 5.39. The summed E-state index contributed by atoms with van der Waals surface area (Å²) in [6, 6.07) is 0. The van der Waals surface area contributed by atoms with Gasteiger partial charge in [-0.3, -0.25) is 18.6 Å². The standard InChI is InChI=1S/C69H118NO8P/c1-3-5-7-9-11-13-15-17-19-21-23-25-27-29-30-31-32-33-34-35-36-38-39-41-43-45-47-49-51-53-55-57-59-61-68(71)75-65-67(66-77-79(73,74)76-64-63-70)78-69(72)62-60-58-56-54-52-50-48-46-44-42-40-37-28-26-24-22-20-18-16-14-12-10-8-6-4-2/h6,8,12,14-15,17-18,20-21,23-24,26-27,29,37,40,44,46,50,52,67H,3-5,7,9-11,13,16,19,22,25,28,30-36,38-39,41-43,45,47-49,51,53-66,70H2,1-2H3,(H,73,74)/b8-6-,14-12-,17-15-,20-18-,23-21-,26-24-,29-27-,40-37-,46-44-,52-50-. The first-order valence-corrected chi connectivity index (χ1v) is 33.5. The number of esters is 2.